The molecule has 1 fully saturated rings. The minimum atomic E-state index is -0.189. The van der Waals surface area contributed by atoms with Gasteiger partial charge in [-0.05, 0) is 26.3 Å². The second-order valence-electron chi connectivity index (χ2n) is 4.31. The summed E-state index contributed by atoms with van der Waals surface area (Å²) in [4.78, 5) is 13.3. The van der Waals surface area contributed by atoms with Gasteiger partial charge in [0.25, 0.3) is 0 Å². The zero-order chi connectivity index (χ0) is 12.0. The third-order valence-corrected chi connectivity index (χ3v) is 3.03. The SMILES string of the molecule is CCOC(CN)CN1CCCC(C(N)=O)C1. The maximum atomic E-state index is 11.1. The van der Waals surface area contributed by atoms with E-state index in [1.165, 1.54) is 0 Å². The van der Waals surface area contributed by atoms with Crippen LogP contribution in [0.4, 0.5) is 0 Å². The first-order chi connectivity index (χ1) is 7.67. The number of hydrogen-bond donors (Lipinski definition) is 2. The summed E-state index contributed by atoms with van der Waals surface area (Å²) in [5.41, 5.74) is 11.0. The highest BCUT2D eigenvalue weighted by Gasteiger charge is 2.25. The lowest BCUT2D eigenvalue weighted by Gasteiger charge is -2.33. The highest BCUT2D eigenvalue weighted by Crippen LogP contribution is 2.16. The van der Waals surface area contributed by atoms with Gasteiger partial charge in [0.2, 0.25) is 5.91 Å². The highest BCUT2D eigenvalue weighted by molar-refractivity contribution is 5.76. The molecule has 0 aromatic carbocycles. The highest BCUT2D eigenvalue weighted by atomic mass is 16.5. The smallest absolute Gasteiger partial charge is 0.221 e. The number of amides is 1. The van der Waals surface area contributed by atoms with E-state index in [1.54, 1.807) is 0 Å². The molecule has 0 spiro atoms. The Labute approximate surface area is 97.1 Å². The molecule has 0 aromatic rings. The number of rotatable bonds is 6. The fraction of sp³-hybridized carbons (Fsp3) is 0.909. The van der Waals surface area contributed by atoms with E-state index in [-0.39, 0.29) is 17.9 Å². The topological polar surface area (TPSA) is 81.6 Å². The van der Waals surface area contributed by atoms with E-state index in [9.17, 15) is 4.79 Å². The third-order valence-electron chi connectivity index (χ3n) is 3.03. The second kappa shape index (κ2) is 6.83. The normalized spacial score (nSPS) is 24.2. The summed E-state index contributed by atoms with van der Waals surface area (Å²) in [5.74, 6) is -0.195. The van der Waals surface area contributed by atoms with Crippen LogP contribution in [0.2, 0.25) is 0 Å². The van der Waals surface area contributed by atoms with Crippen molar-refractivity contribution in [3.63, 3.8) is 0 Å². The van der Waals surface area contributed by atoms with E-state index >= 15 is 0 Å². The zero-order valence-electron chi connectivity index (χ0n) is 10.0. The van der Waals surface area contributed by atoms with Crippen LogP contribution in [0, 0.1) is 5.92 Å². The number of hydrogen-bond acceptors (Lipinski definition) is 4. The monoisotopic (exact) mass is 229 g/mol. The molecular formula is C11H23N3O2. The van der Waals surface area contributed by atoms with Gasteiger partial charge in [-0.2, -0.15) is 0 Å². The van der Waals surface area contributed by atoms with Gasteiger partial charge in [0, 0.05) is 26.2 Å². The summed E-state index contributed by atoms with van der Waals surface area (Å²) >= 11 is 0. The van der Waals surface area contributed by atoms with Gasteiger partial charge in [0.15, 0.2) is 0 Å². The molecule has 1 rings (SSSR count). The molecule has 94 valence electrons. The lowest BCUT2D eigenvalue weighted by Crippen LogP contribution is -2.46. The van der Waals surface area contributed by atoms with Crippen molar-refractivity contribution < 1.29 is 9.53 Å². The summed E-state index contributed by atoms with van der Waals surface area (Å²) in [7, 11) is 0. The Morgan fingerprint density at radius 3 is 2.94 bits per heavy atom. The molecule has 1 aliphatic heterocycles. The number of likely N-dealkylation sites (tertiary alicyclic amines) is 1. The summed E-state index contributed by atoms with van der Waals surface area (Å²) in [5, 5.41) is 0. The third kappa shape index (κ3) is 4.08. The first-order valence-corrected chi connectivity index (χ1v) is 6.00. The van der Waals surface area contributed by atoms with E-state index in [1.807, 2.05) is 6.92 Å². The first kappa shape index (κ1) is 13.4. The number of carbonyl (C=O) groups is 1. The largest absolute Gasteiger partial charge is 0.376 e. The standard InChI is InChI=1S/C11H23N3O2/c1-2-16-10(6-12)8-14-5-3-4-9(7-14)11(13)15/h9-10H,2-8,12H2,1H3,(H2,13,15). The van der Waals surface area contributed by atoms with Gasteiger partial charge in [-0.3, -0.25) is 9.69 Å². The number of nitrogens with zero attached hydrogens (tertiary/aromatic N) is 1. The Bertz CT molecular complexity index is 223. The molecule has 4 N–H and O–H groups in total. The predicted octanol–water partition coefficient (Wildman–Crippen LogP) is -0.452. The molecule has 16 heavy (non-hydrogen) atoms. The van der Waals surface area contributed by atoms with Gasteiger partial charge in [0.05, 0.1) is 12.0 Å². The molecule has 1 amide bonds. The molecule has 0 bridgehead atoms. The van der Waals surface area contributed by atoms with Crippen LogP contribution >= 0.6 is 0 Å². The number of ether oxygens (including phenoxy) is 1. The van der Waals surface area contributed by atoms with E-state index in [0.29, 0.717) is 13.2 Å². The van der Waals surface area contributed by atoms with Crippen LogP contribution in [0.15, 0.2) is 0 Å². The Morgan fingerprint density at radius 2 is 2.38 bits per heavy atom. The second-order valence-corrected chi connectivity index (χ2v) is 4.31. The minimum Gasteiger partial charge on any atom is -0.376 e. The van der Waals surface area contributed by atoms with Crippen LogP contribution in [0.1, 0.15) is 19.8 Å². The van der Waals surface area contributed by atoms with Crippen molar-refractivity contribution in [2.45, 2.75) is 25.9 Å². The van der Waals surface area contributed by atoms with Crippen LogP contribution in [-0.2, 0) is 9.53 Å². The van der Waals surface area contributed by atoms with Gasteiger partial charge < -0.3 is 16.2 Å². The van der Waals surface area contributed by atoms with E-state index in [0.717, 1.165) is 32.5 Å². The molecule has 0 radical (unpaired) electrons. The van der Waals surface area contributed by atoms with Crippen LogP contribution in [0.3, 0.4) is 0 Å². The summed E-state index contributed by atoms with van der Waals surface area (Å²) < 4.78 is 5.51. The van der Waals surface area contributed by atoms with Gasteiger partial charge in [-0.25, -0.2) is 0 Å². The van der Waals surface area contributed by atoms with Gasteiger partial charge in [-0.1, -0.05) is 0 Å². The molecule has 0 aliphatic carbocycles. The minimum absolute atomic E-state index is 0.00574. The Kier molecular flexibility index (Phi) is 5.73. The first-order valence-electron chi connectivity index (χ1n) is 6.00. The van der Waals surface area contributed by atoms with Crippen LogP contribution in [-0.4, -0.2) is 49.7 Å². The molecule has 0 saturated carbocycles. The summed E-state index contributed by atoms with van der Waals surface area (Å²) in [6.07, 6.45) is 2.00. The average Bonchev–Trinajstić information content (AvgIpc) is 2.29. The maximum absolute atomic E-state index is 11.1. The van der Waals surface area contributed by atoms with Crippen molar-refractivity contribution in [1.29, 1.82) is 0 Å². The molecule has 2 atom stereocenters. The molecule has 1 saturated heterocycles. The Hall–Kier alpha value is -0.650. The molecule has 5 nitrogen and oxygen atoms in total. The van der Waals surface area contributed by atoms with E-state index in [2.05, 4.69) is 4.90 Å². The summed E-state index contributed by atoms with van der Waals surface area (Å²) in [6, 6.07) is 0. The maximum Gasteiger partial charge on any atom is 0.221 e. The quantitative estimate of drug-likeness (QED) is 0.646. The van der Waals surface area contributed by atoms with Crippen molar-refractivity contribution >= 4 is 5.91 Å². The van der Waals surface area contributed by atoms with Crippen molar-refractivity contribution in [3.05, 3.63) is 0 Å². The predicted molar refractivity (Wildman–Crippen MR) is 62.8 cm³/mol. The number of primary amides is 1. The van der Waals surface area contributed by atoms with Crippen LogP contribution in [0.5, 0.6) is 0 Å². The Morgan fingerprint density at radius 1 is 1.62 bits per heavy atom. The van der Waals surface area contributed by atoms with Crippen molar-refractivity contribution in [1.82, 2.24) is 4.90 Å². The van der Waals surface area contributed by atoms with Gasteiger partial charge in [0.1, 0.15) is 0 Å². The molecule has 5 heteroatoms. The number of carbonyl (C=O) groups excluding carboxylic acids is 1. The number of nitrogens with two attached hydrogens (primary N) is 2. The van der Waals surface area contributed by atoms with Crippen molar-refractivity contribution in [2.75, 3.05) is 32.8 Å². The van der Waals surface area contributed by atoms with Gasteiger partial charge >= 0.3 is 0 Å². The lowest BCUT2D eigenvalue weighted by atomic mass is 9.97. The van der Waals surface area contributed by atoms with E-state index < -0.39 is 0 Å². The van der Waals surface area contributed by atoms with Crippen LogP contribution < -0.4 is 11.5 Å². The molecule has 2 unspecified atom stereocenters. The fourth-order valence-corrected chi connectivity index (χ4v) is 2.17. The van der Waals surface area contributed by atoms with Gasteiger partial charge in [-0.15, -0.1) is 0 Å². The molecular weight excluding hydrogens is 206 g/mol. The average molecular weight is 229 g/mol. The van der Waals surface area contributed by atoms with Crippen LogP contribution in [0.25, 0.3) is 0 Å². The number of piperidine rings is 1. The molecule has 1 heterocycles. The Balaban J connectivity index is 2.38. The summed E-state index contributed by atoms with van der Waals surface area (Å²) in [6.45, 7) is 5.71. The molecule has 1 aliphatic rings. The zero-order valence-corrected chi connectivity index (χ0v) is 10.0. The van der Waals surface area contributed by atoms with Crippen molar-refractivity contribution in [3.8, 4) is 0 Å². The van der Waals surface area contributed by atoms with Crippen molar-refractivity contribution in [2.24, 2.45) is 17.4 Å². The van der Waals surface area contributed by atoms with E-state index in [4.69, 9.17) is 16.2 Å². The lowest BCUT2D eigenvalue weighted by molar-refractivity contribution is -0.123. The molecule has 0 aromatic heterocycles. The fourth-order valence-electron chi connectivity index (χ4n) is 2.17.